The molecule has 5 nitrogen and oxygen atoms in total. The second-order valence-corrected chi connectivity index (χ2v) is 1.39. The van der Waals surface area contributed by atoms with Gasteiger partial charge in [0, 0.05) is 0 Å². The van der Waals surface area contributed by atoms with Gasteiger partial charge in [0.1, 0.15) is 5.71 Å². The molecule has 0 aromatic heterocycles. The third-order valence-electron chi connectivity index (χ3n) is 0.810. The van der Waals surface area contributed by atoms with Crippen molar-refractivity contribution < 1.29 is 4.79 Å². The zero-order valence-corrected chi connectivity index (χ0v) is 5.36. The number of primary amides is 1. The van der Waals surface area contributed by atoms with E-state index >= 15 is 0 Å². The molecule has 4 N–H and O–H groups in total. The smallest absolute Gasteiger partial charge is 0.266 e. The molecule has 0 aromatic rings. The Morgan fingerprint density at radius 2 is 2.44 bits per heavy atom. The average molecular weight is 151 g/mol. The Labute approximate surface area is 58.1 Å². The Hall–Kier alpha value is -0.810. The van der Waals surface area contributed by atoms with Gasteiger partial charge in [0.2, 0.25) is 0 Å². The number of rotatable bonds is 1. The number of nitrogens with zero attached hydrogens (tertiary/aromatic N) is 1. The average Bonchev–Trinajstić information content (AvgIpc) is 2.12. The summed E-state index contributed by atoms with van der Waals surface area (Å²) in [7, 11) is 0. The fourth-order valence-corrected chi connectivity index (χ4v) is 0.412. The molecule has 1 rings (SSSR count). The predicted octanol–water partition coefficient (Wildman–Crippen LogP) is -1.64. The Bertz CT molecular complexity index is 145. The van der Waals surface area contributed by atoms with Crippen LogP contribution >= 0.6 is 12.4 Å². The molecule has 9 heavy (non-hydrogen) atoms. The minimum atomic E-state index is -0.484. The number of nitrogens with one attached hydrogen (secondary N) is 2. The molecule has 1 aliphatic rings. The minimum Gasteiger partial charge on any atom is -0.364 e. The van der Waals surface area contributed by atoms with E-state index in [4.69, 9.17) is 5.73 Å². The Balaban J connectivity index is 0.000000640. The van der Waals surface area contributed by atoms with Crippen LogP contribution in [-0.4, -0.2) is 18.2 Å². The third kappa shape index (κ3) is 1.87. The molecule has 1 amide bonds. The van der Waals surface area contributed by atoms with Gasteiger partial charge < -0.3 is 5.73 Å². The summed E-state index contributed by atoms with van der Waals surface area (Å²) in [6.45, 7) is 0.412. The van der Waals surface area contributed by atoms with Crippen molar-refractivity contribution in [3.63, 3.8) is 0 Å². The highest BCUT2D eigenvalue weighted by Crippen LogP contribution is 1.77. The number of hydrazone groups is 1. The van der Waals surface area contributed by atoms with E-state index in [9.17, 15) is 4.79 Å². The molecule has 0 fully saturated rings. The first-order valence-electron chi connectivity index (χ1n) is 2.15. The van der Waals surface area contributed by atoms with Crippen molar-refractivity contribution in [1.29, 1.82) is 0 Å². The first-order chi connectivity index (χ1) is 3.80. The summed E-state index contributed by atoms with van der Waals surface area (Å²) in [6.07, 6.45) is 0. The van der Waals surface area contributed by atoms with Crippen molar-refractivity contribution in [3.8, 4) is 0 Å². The van der Waals surface area contributed by atoms with Gasteiger partial charge in [0.05, 0.1) is 6.54 Å². The van der Waals surface area contributed by atoms with Crippen LogP contribution in [0.25, 0.3) is 0 Å². The lowest BCUT2D eigenvalue weighted by Crippen LogP contribution is -2.28. The molecule has 0 aromatic carbocycles. The van der Waals surface area contributed by atoms with Crippen LogP contribution in [0, 0.1) is 0 Å². The van der Waals surface area contributed by atoms with Gasteiger partial charge in [-0.15, -0.1) is 12.4 Å². The number of carbonyl (C=O) groups is 1. The molecule has 0 spiro atoms. The molecule has 0 bridgehead atoms. The van der Waals surface area contributed by atoms with Crippen molar-refractivity contribution in [2.75, 3.05) is 6.54 Å². The van der Waals surface area contributed by atoms with Gasteiger partial charge in [-0.2, -0.15) is 5.10 Å². The summed E-state index contributed by atoms with van der Waals surface area (Å²) in [5.74, 6) is -0.484. The molecule has 0 unspecified atom stereocenters. The van der Waals surface area contributed by atoms with Crippen molar-refractivity contribution >= 4 is 24.0 Å². The van der Waals surface area contributed by atoms with Gasteiger partial charge in [-0.05, 0) is 0 Å². The largest absolute Gasteiger partial charge is 0.364 e. The lowest BCUT2D eigenvalue weighted by molar-refractivity contribution is -0.112. The van der Waals surface area contributed by atoms with Crippen molar-refractivity contribution in [3.05, 3.63) is 0 Å². The van der Waals surface area contributed by atoms with Gasteiger partial charge in [0.15, 0.2) is 0 Å². The number of nitrogens with two attached hydrogens (primary N) is 1. The third-order valence-corrected chi connectivity index (χ3v) is 0.810. The quantitative estimate of drug-likeness (QED) is 0.419. The summed E-state index contributed by atoms with van der Waals surface area (Å²) in [5.41, 5.74) is 10.2. The standard InChI is InChI=1S/C3H6N4O.ClH/c4-3(8)2-1-5-7-6-2;/h5,7H,1H2,(H2,4,8);1H. The maximum absolute atomic E-state index is 10.2. The minimum absolute atomic E-state index is 0. The van der Waals surface area contributed by atoms with Crippen LogP contribution in [0.2, 0.25) is 0 Å². The Morgan fingerprint density at radius 1 is 1.78 bits per heavy atom. The highest BCUT2D eigenvalue weighted by Gasteiger charge is 2.09. The zero-order chi connectivity index (χ0) is 5.98. The van der Waals surface area contributed by atoms with Crippen LogP contribution in [0.5, 0.6) is 0 Å². The lowest BCUT2D eigenvalue weighted by Gasteiger charge is -1.84. The summed E-state index contributed by atoms with van der Waals surface area (Å²) >= 11 is 0. The van der Waals surface area contributed by atoms with Crippen LogP contribution in [-0.2, 0) is 4.79 Å². The van der Waals surface area contributed by atoms with E-state index < -0.39 is 5.91 Å². The first-order valence-corrected chi connectivity index (χ1v) is 2.15. The number of amides is 1. The fraction of sp³-hybridized carbons (Fsp3) is 0.333. The topological polar surface area (TPSA) is 79.5 Å². The van der Waals surface area contributed by atoms with Gasteiger partial charge in [0.25, 0.3) is 5.91 Å². The van der Waals surface area contributed by atoms with Gasteiger partial charge in [-0.25, -0.2) is 11.0 Å². The van der Waals surface area contributed by atoms with Crippen molar-refractivity contribution in [2.45, 2.75) is 0 Å². The monoisotopic (exact) mass is 150 g/mol. The lowest BCUT2D eigenvalue weighted by atomic mass is 10.4. The van der Waals surface area contributed by atoms with E-state index in [1.807, 2.05) is 0 Å². The highest BCUT2D eigenvalue weighted by molar-refractivity contribution is 6.39. The Kier molecular flexibility index (Phi) is 2.97. The van der Waals surface area contributed by atoms with Gasteiger partial charge in [-0.3, -0.25) is 4.79 Å². The van der Waals surface area contributed by atoms with Gasteiger partial charge in [-0.1, -0.05) is 0 Å². The van der Waals surface area contributed by atoms with Crippen LogP contribution in [0.1, 0.15) is 0 Å². The van der Waals surface area contributed by atoms with E-state index in [0.29, 0.717) is 12.3 Å². The summed E-state index contributed by atoms with van der Waals surface area (Å²) in [6, 6.07) is 0. The summed E-state index contributed by atoms with van der Waals surface area (Å²) in [5, 5.41) is 3.52. The molecule has 0 aliphatic carbocycles. The maximum Gasteiger partial charge on any atom is 0.266 e. The fourth-order valence-electron chi connectivity index (χ4n) is 0.412. The number of hydrazine groups is 1. The number of carbonyl (C=O) groups excluding carboxylic acids is 1. The molecule has 6 heteroatoms. The first kappa shape index (κ1) is 8.19. The van der Waals surface area contributed by atoms with E-state index in [0.717, 1.165) is 0 Å². The molecular weight excluding hydrogens is 144 g/mol. The second-order valence-electron chi connectivity index (χ2n) is 1.39. The van der Waals surface area contributed by atoms with E-state index in [1.165, 1.54) is 0 Å². The summed E-state index contributed by atoms with van der Waals surface area (Å²) < 4.78 is 0. The molecule has 1 aliphatic heterocycles. The summed E-state index contributed by atoms with van der Waals surface area (Å²) in [4.78, 5) is 10.2. The Morgan fingerprint density at radius 3 is 2.67 bits per heavy atom. The molecule has 52 valence electrons. The molecular formula is C3H7ClN4O. The number of halogens is 1. The van der Waals surface area contributed by atoms with Crippen LogP contribution in [0.3, 0.4) is 0 Å². The second kappa shape index (κ2) is 3.26. The van der Waals surface area contributed by atoms with Gasteiger partial charge >= 0.3 is 0 Å². The molecule has 0 saturated carbocycles. The maximum atomic E-state index is 10.2. The molecule has 0 radical (unpaired) electrons. The van der Waals surface area contributed by atoms with Crippen molar-refractivity contribution in [2.24, 2.45) is 10.8 Å². The highest BCUT2D eigenvalue weighted by atomic mass is 35.5. The van der Waals surface area contributed by atoms with Crippen molar-refractivity contribution in [1.82, 2.24) is 11.0 Å². The van der Waals surface area contributed by atoms with E-state index in [2.05, 4.69) is 16.1 Å². The van der Waals surface area contributed by atoms with E-state index in [-0.39, 0.29) is 12.4 Å². The normalized spacial score (nSPS) is 15.3. The van der Waals surface area contributed by atoms with Crippen LogP contribution in [0.4, 0.5) is 0 Å². The van der Waals surface area contributed by atoms with Crippen LogP contribution in [0.15, 0.2) is 5.10 Å². The number of hydrogen-bond acceptors (Lipinski definition) is 4. The molecule has 0 saturated heterocycles. The van der Waals surface area contributed by atoms with E-state index in [1.54, 1.807) is 0 Å². The SMILES string of the molecule is Cl.NC(=O)C1=NNNC1. The van der Waals surface area contributed by atoms with Crippen LogP contribution < -0.4 is 16.7 Å². The molecule has 1 heterocycles. The molecule has 0 atom stereocenters. The predicted molar refractivity (Wildman–Crippen MR) is 35.0 cm³/mol. The number of hydrogen-bond donors (Lipinski definition) is 3. The zero-order valence-electron chi connectivity index (χ0n) is 4.55.